The number of hydrogen-bond acceptors (Lipinski definition) is 3. The van der Waals surface area contributed by atoms with Crippen molar-refractivity contribution in [3.8, 4) is 5.75 Å². The lowest BCUT2D eigenvalue weighted by Crippen LogP contribution is -2.20. The molecule has 0 aliphatic heterocycles. The van der Waals surface area contributed by atoms with E-state index < -0.39 is 15.1 Å². The summed E-state index contributed by atoms with van der Waals surface area (Å²) < 4.78 is 29.8. The van der Waals surface area contributed by atoms with E-state index in [-0.39, 0.29) is 0 Å². The Bertz CT molecular complexity index is 580. The fraction of sp³-hybridized carbons (Fsp3) is 0.286. The van der Waals surface area contributed by atoms with Crippen LogP contribution < -0.4 is 4.74 Å². The van der Waals surface area contributed by atoms with Crippen molar-refractivity contribution in [3.63, 3.8) is 0 Å². The summed E-state index contributed by atoms with van der Waals surface area (Å²) in [7, 11) is -1.74. The van der Waals surface area contributed by atoms with Gasteiger partial charge in [0, 0.05) is 0 Å². The molecule has 96 valence electrons. The molecule has 0 spiro atoms. The quantitative estimate of drug-likeness (QED) is 0.843. The highest BCUT2D eigenvalue weighted by Crippen LogP contribution is 2.25. The predicted octanol–water partition coefficient (Wildman–Crippen LogP) is 2.74. The van der Waals surface area contributed by atoms with Gasteiger partial charge < -0.3 is 4.74 Å². The molecule has 0 heterocycles. The second-order valence-electron chi connectivity index (χ2n) is 4.30. The molecule has 4 heteroatoms. The molecule has 0 radical (unpaired) electrons. The Labute approximate surface area is 108 Å². The number of benzene rings is 1. The van der Waals surface area contributed by atoms with E-state index in [0.29, 0.717) is 17.1 Å². The molecule has 0 fully saturated rings. The maximum absolute atomic E-state index is 12.4. The molecule has 0 bridgehead atoms. The summed E-state index contributed by atoms with van der Waals surface area (Å²) >= 11 is 0. The monoisotopic (exact) mass is 264 g/mol. The molecule has 1 aliphatic rings. The van der Waals surface area contributed by atoms with Gasteiger partial charge >= 0.3 is 0 Å². The van der Waals surface area contributed by atoms with Crippen LogP contribution in [0.15, 0.2) is 53.0 Å². The zero-order chi connectivity index (χ0) is 13.2. The fourth-order valence-electron chi connectivity index (χ4n) is 1.88. The normalized spacial score (nSPS) is 19.4. The van der Waals surface area contributed by atoms with Crippen molar-refractivity contribution in [3.05, 3.63) is 48.1 Å². The van der Waals surface area contributed by atoms with E-state index >= 15 is 0 Å². The number of allylic oxidation sites excluding steroid dienone is 3. The smallest absolute Gasteiger partial charge is 0.185 e. The van der Waals surface area contributed by atoms with Gasteiger partial charge in [-0.15, -0.1) is 0 Å². The lowest BCUT2D eigenvalue weighted by atomic mass is 10.1. The van der Waals surface area contributed by atoms with Gasteiger partial charge in [-0.1, -0.05) is 23.8 Å². The molecule has 0 amide bonds. The first-order valence-corrected chi connectivity index (χ1v) is 7.31. The van der Waals surface area contributed by atoms with Crippen LogP contribution in [0.5, 0.6) is 5.75 Å². The predicted molar refractivity (Wildman–Crippen MR) is 71.5 cm³/mol. The molecule has 0 saturated heterocycles. The van der Waals surface area contributed by atoms with E-state index in [9.17, 15) is 8.42 Å². The number of rotatable bonds is 3. The summed E-state index contributed by atoms with van der Waals surface area (Å²) in [5, 5.41) is -0.463. The summed E-state index contributed by atoms with van der Waals surface area (Å²) in [6.45, 7) is 1.97. The van der Waals surface area contributed by atoms with Crippen LogP contribution in [-0.2, 0) is 9.84 Å². The Morgan fingerprint density at radius 1 is 1.22 bits per heavy atom. The average Bonchev–Trinajstić information content (AvgIpc) is 2.39. The van der Waals surface area contributed by atoms with Gasteiger partial charge in [0.2, 0.25) is 0 Å². The molecule has 3 nitrogen and oxygen atoms in total. The summed E-state index contributed by atoms with van der Waals surface area (Å²) in [6, 6.07) is 6.52. The molecule has 0 saturated carbocycles. The van der Waals surface area contributed by atoms with Crippen LogP contribution in [-0.4, -0.2) is 20.8 Å². The number of hydrogen-bond donors (Lipinski definition) is 0. The van der Waals surface area contributed by atoms with E-state index in [1.165, 1.54) is 0 Å². The highest BCUT2D eigenvalue weighted by molar-refractivity contribution is 7.92. The third-order valence-electron chi connectivity index (χ3n) is 3.03. The molecular weight excluding hydrogens is 248 g/mol. The first kappa shape index (κ1) is 12.9. The minimum atomic E-state index is -3.30. The van der Waals surface area contributed by atoms with Crippen LogP contribution >= 0.6 is 0 Å². The van der Waals surface area contributed by atoms with Crippen molar-refractivity contribution in [2.24, 2.45) is 0 Å². The summed E-state index contributed by atoms with van der Waals surface area (Å²) in [5.74, 6) is 0.656. The van der Waals surface area contributed by atoms with Gasteiger partial charge in [-0.25, -0.2) is 8.42 Å². The Hall–Kier alpha value is -1.55. The van der Waals surface area contributed by atoms with E-state index in [2.05, 4.69) is 0 Å². The molecule has 1 aromatic carbocycles. The summed E-state index contributed by atoms with van der Waals surface area (Å²) in [4.78, 5) is 0.339. The van der Waals surface area contributed by atoms with E-state index in [0.717, 1.165) is 5.57 Å². The van der Waals surface area contributed by atoms with Crippen molar-refractivity contribution in [1.29, 1.82) is 0 Å². The van der Waals surface area contributed by atoms with Crippen molar-refractivity contribution in [1.82, 2.24) is 0 Å². The highest BCUT2D eigenvalue weighted by atomic mass is 32.2. The average molecular weight is 264 g/mol. The SMILES string of the molecule is COc1ccc(S(=O)(=O)C2C=CC(C)=CC2)cc1. The Morgan fingerprint density at radius 2 is 1.89 bits per heavy atom. The zero-order valence-electron chi connectivity index (χ0n) is 10.5. The first-order chi connectivity index (χ1) is 8.54. The molecule has 1 atom stereocenters. The second-order valence-corrected chi connectivity index (χ2v) is 6.47. The van der Waals surface area contributed by atoms with Crippen molar-refractivity contribution < 1.29 is 13.2 Å². The highest BCUT2D eigenvalue weighted by Gasteiger charge is 2.25. The van der Waals surface area contributed by atoms with Crippen LogP contribution in [0, 0.1) is 0 Å². The maximum Gasteiger partial charge on any atom is 0.185 e. The maximum atomic E-state index is 12.4. The molecule has 18 heavy (non-hydrogen) atoms. The lowest BCUT2D eigenvalue weighted by Gasteiger charge is -2.16. The number of methoxy groups -OCH3 is 1. The van der Waals surface area contributed by atoms with Gasteiger partial charge in [0.1, 0.15) is 5.75 Å². The largest absolute Gasteiger partial charge is 0.497 e. The first-order valence-electron chi connectivity index (χ1n) is 5.77. The van der Waals surface area contributed by atoms with Crippen molar-refractivity contribution >= 4 is 9.84 Å². The van der Waals surface area contributed by atoms with Crippen LogP contribution in [0.2, 0.25) is 0 Å². The Morgan fingerprint density at radius 3 is 2.39 bits per heavy atom. The van der Waals surface area contributed by atoms with Gasteiger partial charge in [-0.2, -0.15) is 0 Å². The van der Waals surface area contributed by atoms with Gasteiger partial charge in [0.05, 0.1) is 17.3 Å². The summed E-state index contributed by atoms with van der Waals surface area (Å²) in [6.07, 6.45) is 6.10. The zero-order valence-corrected chi connectivity index (χ0v) is 11.3. The third-order valence-corrected chi connectivity index (χ3v) is 5.11. The van der Waals surface area contributed by atoms with Crippen molar-refractivity contribution in [2.45, 2.75) is 23.5 Å². The number of sulfone groups is 1. The van der Waals surface area contributed by atoms with E-state index in [1.54, 1.807) is 37.5 Å². The third kappa shape index (κ3) is 2.48. The second kappa shape index (κ2) is 4.98. The topological polar surface area (TPSA) is 43.4 Å². The van der Waals surface area contributed by atoms with Crippen LogP contribution in [0.4, 0.5) is 0 Å². The van der Waals surface area contributed by atoms with Gasteiger partial charge in [-0.3, -0.25) is 0 Å². The molecule has 1 aromatic rings. The van der Waals surface area contributed by atoms with Crippen molar-refractivity contribution in [2.75, 3.05) is 7.11 Å². The van der Waals surface area contributed by atoms with Gasteiger partial charge in [-0.05, 0) is 37.6 Å². The molecule has 2 rings (SSSR count). The number of ether oxygens (including phenoxy) is 1. The Kier molecular flexibility index (Phi) is 3.57. The van der Waals surface area contributed by atoms with Gasteiger partial charge in [0.25, 0.3) is 0 Å². The van der Waals surface area contributed by atoms with Crippen LogP contribution in [0.25, 0.3) is 0 Å². The molecule has 0 N–H and O–H groups in total. The Balaban J connectivity index is 2.28. The standard InChI is InChI=1S/C14H16O3S/c1-11-3-7-13(8-4-11)18(15,16)14-9-5-12(17-2)6-10-14/h3-7,9-10,13H,8H2,1-2H3. The van der Waals surface area contributed by atoms with E-state index in [4.69, 9.17) is 4.74 Å². The molecule has 1 unspecified atom stereocenters. The van der Waals surface area contributed by atoms with E-state index in [1.807, 2.05) is 19.1 Å². The minimum Gasteiger partial charge on any atom is -0.497 e. The minimum absolute atomic E-state index is 0.339. The molecule has 0 aromatic heterocycles. The molecular formula is C14H16O3S. The van der Waals surface area contributed by atoms with Crippen LogP contribution in [0.1, 0.15) is 13.3 Å². The van der Waals surface area contributed by atoms with Gasteiger partial charge in [0.15, 0.2) is 9.84 Å². The fourth-order valence-corrected chi connectivity index (χ4v) is 3.38. The lowest BCUT2D eigenvalue weighted by molar-refractivity contribution is 0.414. The summed E-state index contributed by atoms with van der Waals surface area (Å²) in [5.41, 5.74) is 1.11. The van der Waals surface area contributed by atoms with Crippen LogP contribution in [0.3, 0.4) is 0 Å². The molecule has 1 aliphatic carbocycles.